The van der Waals surface area contributed by atoms with E-state index < -0.39 is 0 Å². The van der Waals surface area contributed by atoms with Gasteiger partial charge in [-0.2, -0.15) is 0 Å². The second-order valence-electron chi connectivity index (χ2n) is 7.29. The fraction of sp³-hybridized carbons (Fsp3) is 0.550. The zero-order valence-electron chi connectivity index (χ0n) is 14.3. The van der Waals surface area contributed by atoms with Crippen molar-refractivity contribution in [3.63, 3.8) is 0 Å². The van der Waals surface area contributed by atoms with Crippen LogP contribution in [0.4, 0.5) is 0 Å². The zero-order valence-corrected chi connectivity index (χ0v) is 15.9. The number of carbonyl (C=O) groups excluding carboxylic acids is 1. The molecule has 1 aliphatic carbocycles. The van der Waals surface area contributed by atoms with Crippen molar-refractivity contribution >= 4 is 28.5 Å². The summed E-state index contributed by atoms with van der Waals surface area (Å²) in [4.78, 5) is 15.4. The zero-order chi connectivity index (χ0) is 16.4. The van der Waals surface area contributed by atoms with Gasteiger partial charge in [0.2, 0.25) is 0 Å². The standard InChI is InChI=1S/C20H26OS2/c1-13(2)5-4-6-14(3)7-8-15-16-9-11-22-19(16)20-17(18(15)21)10-12-23-20/h9-15H,4-8H2,1-3H3/t14?,15-/m1/s1. The quantitative estimate of drug-likeness (QED) is 0.527. The third kappa shape index (κ3) is 3.61. The van der Waals surface area contributed by atoms with E-state index in [0.717, 1.165) is 24.3 Å². The monoisotopic (exact) mass is 346 g/mol. The first-order valence-corrected chi connectivity index (χ1v) is 10.5. The Morgan fingerprint density at radius 1 is 1.00 bits per heavy atom. The summed E-state index contributed by atoms with van der Waals surface area (Å²) in [5, 5.41) is 4.20. The first-order chi connectivity index (χ1) is 11.1. The number of hydrogen-bond donors (Lipinski definition) is 0. The number of rotatable bonds is 7. The number of Topliss-reactive ketones (excluding diaryl/α,β-unsaturated/α-hetero) is 1. The summed E-state index contributed by atoms with van der Waals surface area (Å²) in [7, 11) is 0. The Hall–Kier alpha value is -0.930. The minimum Gasteiger partial charge on any atom is -0.293 e. The average Bonchev–Trinajstić information content (AvgIpc) is 3.15. The van der Waals surface area contributed by atoms with Crippen molar-refractivity contribution < 1.29 is 4.79 Å². The van der Waals surface area contributed by atoms with E-state index >= 15 is 0 Å². The van der Waals surface area contributed by atoms with Crippen molar-refractivity contribution in [1.29, 1.82) is 0 Å². The third-order valence-corrected chi connectivity index (χ3v) is 6.96. The second kappa shape index (κ2) is 7.31. The number of carbonyl (C=O) groups is 1. The molecule has 0 radical (unpaired) electrons. The van der Waals surface area contributed by atoms with Gasteiger partial charge in [0, 0.05) is 16.4 Å². The van der Waals surface area contributed by atoms with Crippen LogP contribution in [0, 0.1) is 11.8 Å². The van der Waals surface area contributed by atoms with E-state index in [1.54, 1.807) is 22.7 Å². The minimum absolute atomic E-state index is 0.0888. The Balaban J connectivity index is 1.64. The summed E-state index contributed by atoms with van der Waals surface area (Å²) < 4.78 is 0. The molecule has 124 valence electrons. The molecular formula is C20H26OS2. The Bertz CT molecular complexity index is 665. The Labute approximate surface area is 147 Å². The van der Waals surface area contributed by atoms with Gasteiger partial charge in [0.1, 0.15) is 0 Å². The molecule has 1 aliphatic rings. The van der Waals surface area contributed by atoms with E-state index in [2.05, 4.69) is 37.6 Å². The molecule has 2 heterocycles. The maximum Gasteiger partial charge on any atom is 0.171 e. The molecule has 0 saturated carbocycles. The largest absolute Gasteiger partial charge is 0.293 e. The molecule has 23 heavy (non-hydrogen) atoms. The predicted molar refractivity (Wildman–Crippen MR) is 102 cm³/mol. The topological polar surface area (TPSA) is 17.1 Å². The highest BCUT2D eigenvalue weighted by Gasteiger charge is 2.33. The molecule has 2 atom stereocenters. The lowest BCUT2D eigenvalue weighted by molar-refractivity contribution is 0.0951. The lowest BCUT2D eigenvalue weighted by atomic mass is 9.81. The second-order valence-corrected chi connectivity index (χ2v) is 9.12. The van der Waals surface area contributed by atoms with E-state index in [0.29, 0.717) is 11.7 Å². The van der Waals surface area contributed by atoms with Crippen LogP contribution in [0.3, 0.4) is 0 Å². The summed E-state index contributed by atoms with van der Waals surface area (Å²) in [6, 6.07) is 4.19. The van der Waals surface area contributed by atoms with Crippen LogP contribution < -0.4 is 0 Å². The molecule has 0 aliphatic heterocycles. The van der Waals surface area contributed by atoms with E-state index in [1.807, 2.05) is 6.07 Å². The molecule has 0 fully saturated rings. The van der Waals surface area contributed by atoms with Crippen LogP contribution >= 0.6 is 22.7 Å². The SMILES string of the molecule is CC(C)CCCC(C)CC[C@H]1C(=O)c2ccsc2-c2sccc21. The molecule has 0 aromatic carbocycles. The molecule has 2 aromatic rings. The molecule has 0 spiro atoms. The molecule has 0 bridgehead atoms. The number of hydrogen-bond acceptors (Lipinski definition) is 3. The first-order valence-electron chi connectivity index (χ1n) is 8.77. The fourth-order valence-electron chi connectivity index (χ4n) is 3.54. The fourth-order valence-corrected chi connectivity index (χ4v) is 5.61. The van der Waals surface area contributed by atoms with Gasteiger partial charge in [-0.25, -0.2) is 0 Å². The van der Waals surface area contributed by atoms with Crippen LogP contribution in [-0.4, -0.2) is 5.78 Å². The van der Waals surface area contributed by atoms with Crippen LogP contribution in [0.25, 0.3) is 9.75 Å². The maximum absolute atomic E-state index is 12.9. The van der Waals surface area contributed by atoms with Gasteiger partial charge in [0.05, 0.1) is 4.88 Å². The molecule has 0 saturated heterocycles. The molecule has 1 unspecified atom stereocenters. The molecule has 3 heteroatoms. The van der Waals surface area contributed by atoms with E-state index in [9.17, 15) is 4.79 Å². The van der Waals surface area contributed by atoms with Crippen LogP contribution in [0.1, 0.15) is 74.7 Å². The minimum atomic E-state index is 0.0888. The Kier molecular flexibility index (Phi) is 5.38. The van der Waals surface area contributed by atoms with Gasteiger partial charge in [-0.3, -0.25) is 4.79 Å². The molecule has 0 N–H and O–H groups in total. The van der Waals surface area contributed by atoms with Gasteiger partial charge in [-0.15, -0.1) is 22.7 Å². The van der Waals surface area contributed by atoms with E-state index in [-0.39, 0.29) is 5.92 Å². The van der Waals surface area contributed by atoms with Crippen molar-refractivity contribution in [3.05, 3.63) is 34.0 Å². The van der Waals surface area contributed by atoms with Gasteiger partial charge >= 0.3 is 0 Å². The number of thiophene rings is 2. The van der Waals surface area contributed by atoms with Gasteiger partial charge in [0.25, 0.3) is 0 Å². The van der Waals surface area contributed by atoms with Gasteiger partial charge < -0.3 is 0 Å². The molecule has 2 aromatic heterocycles. The highest BCUT2D eigenvalue weighted by molar-refractivity contribution is 7.21. The van der Waals surface area contributed by atoms with Crippen LogP contribution in [-0.2, 0) is 0 Å². The Morgan fingerprint density at radius 3 is 2.52 bits per heavy atom. The van der Waals surface area contributed by atoms with E-state index in [4.69, 9.17) is 0 Å². The highest BCUT2D eigenvalue weighted by Crippen LogP contribution is 2.47. The summed E-state index contributed by atoms with van der Waals surface area (Å²) in [5.41, 5.74) is 2.24. The van der Waals surface area contributed by atoms with Gasteiger partial charge in [-0.1, -0.05) is 40.0 Å². The summed E-state index contributed by atoms with van der Waals surface area (Å²) in [6.07, 6.45) is 6.08. The highest BCUT2D eigenvalue weighted by atomic mass is 32.1. The van der Waals surface area contributed by atoms with Gasteiger partial charge in [-0.05, 0) is 53.1 Å². The van der Waals surface area contributed by atoms with Crippen molar-refractivity contribution in [2.45, 2.75) is 58.8 Å². The average molecular weight is 347 g/mol. The maximum atomic E-state index is 12.9. The van der Waals surface area contributed by atoms with Crippen LogP contribution in [0.2, 0.25) is 0 Å². The molecular weight excluding hydrogens is 320 g/mol. The predicted octanol–water partition coefficient (Wildman–Crippen LogP) is 7.00. The first kappa shape index (κ1) is 16.9. The Morgan fingerprint density at radius 2 is 1.74 bits per heavy atom. The van der Waals surface area contributed by atoms with Crippen molar-refractivity contribution in [2.24, 2.45) is 11.8 Å². The molecule has 3 rings (SSSR count). The van der Waals surface area contributed by atoms with Crippen molar-refractivity contribution in [2.75, 3.05) is 0 Å². The summed E-state index contributed by atoms with van der Waals surface area (Å²) >= 11 is 3.49. The number of fused-ring (bicyclic) bond motifs is 3. The summed E-state index contributed by atoms with van der Waals surface area (Å²) in [6.45, 7) is 6.93. The molecule has 0 amide bonds. The number of ketones is 1. The molecule has 1 nitrogen and oxygen atoms in total. The summed E-state index contributed by atoms with van der Waals surface area (Å²) in [5.74, 6) is 1.95. The van der Waals surface area contributed by atoms with E-state index in [1.165, 1.54) is 34.6 Å². The van der Waals surface area contributed by atoms with Crippen molar-refractivity contribution in [1.82, 2.24) is 0 Å². The smallest absolute Gasteiger partial charge is 0.171 e. The lowest BCUT2D eigenvalue weighted by Crippen LogP contribution is -2.17. The van der Waals surface area contributed by atoms with Crippen molar-refractivity contribution in [3.8, 4) is 9.75 Å². The van der Waals surface area contributed by atoms with Gasteiger partial charge in [0.15, 0.2) is 5.78 Å². The van der Waals surface area contributed by atoms with Crippen LogP contribution in [0.15, 0.2) is 22.9 Å². The third-order valence-electron chi connectivity index (χ3n) is 4.95. The normalized spacial score (nSPS) is 18.1. The van der Waals surface area contributed by atoms with Crippen LogP contribution in [0.5, 0.6) is 0 Å². The lowest BCUT2D eigenvalue weighted by Gasteiger charge is -2.23.